The highest BCUT2D eigenvalue weighted by molar-refractivity contribution is 7.10. The zero-order valence-corrected chi connectivity index (χ0v) is 9.51. The molecule has 1 aromatic rings. The van der Waals surface area contributed by atoms with Crippen LogP contribution in [0.2, 0.25) is 0 Å². The lowest BCUT2D eigenvalue weighted by atomic mass is 10.1. The molecule has 2 nitrogen and oxygen atoms in total. The molecule has 1 unspecified atom stereocenters. The molecule has 2 heterocycles. The van der Waals surface area contributed by atoms with E-state index < -0.39 is 0 Å². The topological polar surface area (TPSA) is 15.6 Å². The molecule has 1 aromatic heterocycles. The summed E-state index contributed by atoms with van der Waals surface area (Å²) in [6.07, 6.45) is 5.89. The van der Waals surface area contributed by atoms with Crippen molar-refractivity contribution in [3.8, 4) is 0 Å². The van der Waals surface area contributed by atoms with E-state index in [0.717, 1.165) is 0 Å². The van der Waals surface area contributed by atoms with Crippen LogP contribution in [0.3, 0.4) is 0 Å². The lowest BCUT2D eigenvalue weighted by Gasteiger charge is -2.25. The van der Waals surface area contributed by atoms with Crippen molar-refractivity contribution in [1.29, 1.82) is 0 Å². The van der Waals surface area contributed by atoms with E-state index in [1.807, 2.05) is 23.9 Å². The van der Waals surface area contributed by atoms with Crippen LogP contribution in [0.1, 0.15) is 22.0 Å². The maximum atomic E-state index is 4.10. The molecule has 0 saturated carbocycles. The van der Waals surface area contributed by atoms with Gasteiger partial charge in [-0.3, -0.25) is 0 Å². The number of rotatable bonds is 1. The summed E-state index contributed by atoms with van der Waals surface area (Å²) in [6, 6.07) is 0.367. The molecule has 0 bridgehead atoms. The summed E-state index contributed by atoms with van der Waals surface area (Å²) in [5, 5.41) is 2.22. The van der Waals surface area contributed by atoms with E-state index in [2.05, 4.69) is 42.2 Å². The van der Waals surface area contributed by atoms with E-state index >= 15 is 0 Å². The average molecular weight is 206 g/mol. The van der Waals surface area contributed by atoms with Gasteiger partial charge in [0.2, 0.25) is 0 Å². The normalized spacial score (nSPS) is 20.5. The van der Waals surface area contributed by atoms with Crippen LogP contribution in [0, 0.1) is 13.8 Å². The maximum absolute atomic E-state index is 4.10. The molecule has 1 aliphatic rings. The number of likely N-dealkylation sites (N-methyl/N-ethyl adjacent to an activating group) is 1. The summed E-state index contributed by atoms with van der Waals surface area (Å²) in [5.41, 5.74) is 2.79. The predicted octanol–water partition coefficient (Wildman–Crippen LogP) is 2.89. The Balaban J connectivity index is 2.35. The SMILES string of the molecule is Cc1csc(C2C=CN=CN2C)c1C. The number of nitrogens with zero attached hydrogens (tertiary/aromatic N) is 2. The molecule has 1 atom stereocenters. The molecule has 1 aliphatic heterocycles. The molecule has 0 N–H and O–H groups in total. The van der Waals surface area contributed by atoms with Gasteiger partial charge in [-0.15, -0.1) is 11.3 Å². The van der Waals surface area contributed by atoms with E-state index in [1.54, 1.807) is 0 Å². The van der Waals surface area contributed by atoms with E-state index in [0.29, 0.717) is 6.04 Å². The molecule has 14 heavy (non-hydrogen) atoms. The largest absolute Gasteiger partial charge is 0.354 e. The Morgan fingerprint density at radius 1 is 1.43 bits per heavy atom. The molecule has 0 aromatic carbocycles. The van der Waals surface area contributed by atoms with E-state index in [4.69, 9.17) is 0 Å². The van der Waals surface area contributed by atoms with Crippen LogP contribution in [0.4, 0.5) is 0 Å². The van der Waals surface area contributed by atoms with Crippen LogP contribution < -0.4 is 0 Å². The lowest BCUT2D eigenvalue weighted by Crippen LogP contribution is -2.23. The smallest absolute Gasteiger partial charge is 0.0910 e. The third kappa shape index (κ3) is 1.48. The highest BCUT2D eigenvalue weighted by Crippen LogP contribution is 2.31. The monoisotopic (exact) mass is 206 g/mol. The second-order valence-electron chi connectivity index (χ2n) is 3.62. The lowest BCUT2D eigenvalue weighted by molar-refractivity contribution is 0.450. The van der Waals surface area contributed by atoms with Crippen LogP contribution in [0.5, 0.6) is 0 Å². The first-order valence-electron chi connectivity index (χ1n) is 4.66. The van der Waals surface area contributed by atoms with Gasteiger partial charge in [0.25, 0.3) is 0 Å². The zero-order valence-electron chi connectivity index (χ0n) is 8.69. The molecule has 0 fully saturated rings. The van der Waals surface area contributed by atoms with Crippen LogP contribution in [-0.4, -0.2) is 18.3 Å². The number of hydrogen-bond acceptors (Lipinski definition) is 3. The second kappa shape index (κ2) is 3.58. The Morgan fingerprint density at radius 3 is 2.79 bits per heavy atom. The van der Waals surface area contributed by atoms with Crippen molar-refractivity contribution in [2.45, 2.75) is 19.9 Å². The van der Waals surface area contributed by atoms with Crippen molar-refractivity contribution < 1.29 is 0 Å². The van der Waals surface area contributed by atoms with Crippen molar-refractivity contribution in [3.63, 3.8) is 0 Å². The maximum Gasteiger partial charge on any atom is 0.0910 e. The molecule has 0 radical (unpaired) electrons. The Labute approximate surface area is 88.6 Å². The van der Waals surface area contributed by atoms with Gasteiger partial charge in [0.1, 0.15) is 0 Å². The summed E-state index contributed by atoms with van der Waals surface area (Å²) >= 11 is 1.83. The molecule has 0 aliphatic carbocycles. The molecule has 3 heteroatoms. The van der Waals surface area contributed by atoms with Crippen LogP contribution in [-0.2, 0) is 0 Å². The second-order valence-corrected chi connectivity index (χ2v) is 4.54. The summed E-state index contributed by atoms with van der Waals surface area (Å²) in [7, 11) is 2.06. The van der Waals surface area contributed by atoms with Gasteiger partial charge in [0.15, 0.2) is 0 Å². The van der Waals surface area contributed by atoms with Crippen LogP contribution in [0.15, 0.2) is 22.6 Å². The minimum atomic E-state index is 0.367. The Hall–Kier alpha value is -1.09. The molecule has 74 valence electrons. The fourth-order valence-electron chi connectivity index (χ4n) is 1.57. The summed E-state index contributed by atoms with van der Waals surface area (Å²) in [6.45, 7) is 4.35. The number of thiophene rings is 1. The Bertz CT molecular complexity index is 390. The molecular formula is C11H14N2S. The molecular weight excluding hydrogens is 192 g/mol. The summed E-state index contributed by atoms with van der Waals surface area (Å²) in [4.78, 5) is 7.66. The van der Waals surface area contributed by atoms with Crippen LogP contribution >= 0.6 is 11.3 Å². The molecule has 0 spiro atoms. The number of aryl methyl sites for hydroxylation is 1. The van der Waals surface area contributed by atoms with Crippen molar-refractivity contribution in [1.82, 2.24) is 4.90 Å². The number of aliphatic imine (C=N–C) groups is 1. The van der Waals surface area contributed by atoms with Crippen molar-refractivity contribution in [2.75, 3.05) is 7.05 Å². The van der Waals surface area contributed by atoms with E-state index in [1.165, 1.54) is 16.0 Å². The third-order valence-electron chi connectivity index (χ3n) is 2.63. The highest BCUT2D eigenvalue weighted by atomic mass is 32.1. The van der Waals surface area contributed by atoms with Gasteiger partial charge >= 0.3 is 0 Å². The van der Waals surface area contributed by atoms with Crippen molar-refractivity contribution in [3.05, 3.63) is 33.7 Å². The first-order chi connectivity index (χ1) is 6.70. The molecule has 0 amide bonds. The van der Waals surface area contributed by atoms with Crippen molar-refractivity contribution in [2.24, 2.45) is 4.99 Å². The third-order valence-corrected chi connectivity index (χ3v) is 3.91. The van der Waals surface area contributed by atoms with E-state index in [9.17, 15) is 0 Å². The number of hydrogen-bond donors (Lipinski definition) is 0. The zero-order chi connectivity index (χ0) is 10.1. The van der Waals surface area contributed by atoms with Crippen molar-refractivity contribution >= 4 is 17.7 Å². The van der Waals surface area contributed by atoms with Crippen LogP contribution in [0.25, 0.3) is 0 Å². The molecule has 0 saturated heterocycles. The minimum Gasteiger partial charge on any atom is -0.354 e. The Morgan fingerprint density at radius 2 is 2.21 bits per heavy atom. The van der Waals surface area contributed by atoms with Gasteiger partial charge in [-0.1, -0.05) is 0 Å². The van der Waals surface area contributed by atoms with Gasteiger partial charge < -0.3 is 4.90 Å². The summed E-state index contributed by atoms with van der Waals surface area (Å²) < 4.78 is 0. The standard InChI is InChI=1S/C11H14N2S/c1-8-6-14-11(9(8)2)10-4-5-12-7-13(10)3/h4-7,10H,1-3H3. The Kier molecular flexibility index (Phi) is 2.42. The first-order valence-corrected chi connectivity index (χ1v) is 5.54. The summed E-state index contributed by atoms with van der Waals surface area (Å²) in [5.74, 6) is 0. The van der Waals surface area contributed by atoms with Gasteiger partial charge in [0.05, 0.1) is 12.4 Å². The van der Waals surface area contributed by atoms with Gasteiger partial charge in [0, 0.05) is 18.1 Å². The van der Waals surface area contributed by atoms with Gasteiger partial charge in [-0.2, -0.15) is 0 Å². The average Bonchev–Trinajstić information content (AvgIpc) is 2.49. The van der Waals surface area contributed by atoms with E-state index in [-0.39, 0.29) is 0 Å². The predicted molar refractivity (Wildman–Crippen MR) is 61.9 cm³/mol. The fourth-order valence-corrected chi connectivity index (χ4v) is 2.77. The first kappa shape index (κ1) is 9.46. The highest BCUT2D eigenvalue weighted by Gasteiger charge is 2.18. The minimum absolute atomic E-state index is 0.367. The molecule has 2 rings (SSSR count). The fraction of sp³-hybridized carbons (Fsp3) is 0.364. The van der Waals surface area contributed by atoms with Gasteiger partial charge in [-0.25, -0.2) is 4.99 Å². The quantitative estimate of drug-likeness (QED) is 0.690. The van der Waals surface area contributed by atoms with Gasteiger partial charge in [-0.05, 0) is 36.4 Å².